The highest BCUT2D eigenvalue weighted by Gasteiger charge is 2.23. The molecule has 0 bridgehead atoms. The molecule has 1 aromatic carbocycles. The van der Waals surface area contributed by atoms with Crippen molar-refractivity contribution in [2.45, 2.75) is 38.8 Å². The number of hydrogen-bond acceptors (Lipinski definition) is 4. The van der Waals surface area contributed by atoms with E-state index in [1.165, 1.54) is 24.0 Å². The molecule has 0 saturated carbocycles. The van der Waals surface area contributed by atoms with Crippen molar-refractivity contribution in [3.8, 4) is 0 Å². The number of carbonyl (C=O) groups is 1. The van der Waals surface area contributed by atoms with E-state index in [1.54, 1.807) is 0 Å². The first-order valence-electron chi connectivity index (χ1n) is 9.96. The Morgan fingerprint density at radius 2 is 2.04 bits per heavy atom. The Bertz CT molecular complexity index is 578. The Morgan fingerprint density at radius 3 is 2.73 bits per heavy atom. The van der Waals surface area contributed by atoms with Crippen molar-refractivity contribution in [1.82, 2.24) is 14.7 Å². The summed E-state index contributed by atoms with van der Waals surface area (Å²) in [7, 11) is 2.03. The molecule has 1 aromatic rings. The summed E-state index contributed by atoms with van der Waals surface area (Å²) < 4.78 is 5.78. The fourth-order valence-electron chi connectivity index (χ4n) is 3.92. The van der Waals surface area contributed by atoms with Gasteiger partial charge in [-0.3, -0.25) is 14.6 Å². The first kappa shape index (κ1) is 19.3. The van der Waals surface area contributed by atoms with Crippen LogP contribution in [0, 0.1) is 6.92 Å². The van der Waals surface area contributed by atoms with E-state index in [0.29, 0.717) is 12.6 Å². The second kappa shape index (κ2) is 9.49. The molecule has 2 heterocycles. The van der Waals surface area contributed by atoms with Gasteiger partial charge in [0, 0.05) is 45.9 Å². The van der Waals surface area contributed by atoms with Gasteiger partial charge in [0.05, 0.1) is 12.6 Å². The van der Waals surface area contributed by atoms with Crippen LogP contribution in [0.3, 0.4) is 0 Å². The number of likely N-dealkylation sites (N-methyl/N-ethyl adjacent to an activating group) is 1. The number of hydrogen-bond donors (Lipinski definition) is 0. The molecule has 5 heteroatoms. The zero-order valence-corrected chi connectivity index (χ0v) is 16.3. The fraction of sp³-hybridized carbons (Fsp3) is 0.667. The van der Waals surface area contributed by atoms with Crippen LogP contribution in [0.5, 0.6) is 0 Å². The minimum absolute atomic E-state index is 0.249. The highest BCUT2D eigenvalue weighted by Crippen LogP contribution is 2.14. The maximum atomic E-state index is 12.6. The summed E-state index contributed by atoms with van der Waals surface area (Å²) in [6, 6.07) is 8.69. The van der Waals surface area contributed by atoms with Gasteiger partial charge in [0.15, 0.2) is 0 Å². The smallest absolute Gasteiger partial charge is 0.236 e. The SMILES string of the molecule is Cc1cccc(CN2CCN(C(=O)CN(C)CC3CCCCO3)CC2)c1. The lowest BCUT2D eigenvalue weighted by Gasteiger charge is -2.36. The van der Waals surface area contributed by atoms with Gasteiger partial charge >= 0.3 is 0 Å². The molecule has 1 atom stereocenters. The van der Waals surface area contributed by atoms with Crippen molar-refractivity contribution in [1.29, 1.82) is 0 Å². The van der Waals surface area contributed by atoms with Crippen LogP contribution in [-0.2, 0) is 16.1 Å². The topological polar surface area (TPSA) is 36.0 Å². The fourth-order valence-corrected chi connectivity index (χ4v) is 3.92. The molecule has 2 saturated heterocycles. The normalized spacial score (nSPS) is 22.0. The summed E-state index contributed by atoms with van der Waals surface area (Å²) in [6.45, 7) is 8.91. The lowest BCUT2D eigenvalue weighted by Crippen LogP contribution is -2.51. The molecule has 2 fully saturated rings. The van der Waals surface area contributed by atoms with Crippen molar-refractivity contribution in [3.05, 3.63) is 35.4 Å². The first-order chi connectivity index (χ1) is 12.6. The Morgan fingerprint density at radius 1 is 1.23 bits per heavy atom. The molecule has 0 N–H and O–H groups in total. The van der Waals surface area contributed by atoms with E-state index in [0.717, 1.165) is 52.3 Å². The van der Waals surface area contributed by atoms with Crippen LogP contribution >= 0.6 is 0 Å². The monoisotopic (exact) mass is 359 g/mol. The largest absolute Gasteiger partial charge is 0.377 e. The van der Waals surface area contributed by atoms with Crippen molar-refractivity contribution < 1.29 is 9.53 Å². The first-order valence-corrected chi connectivity index (χ1v) is 9.96. The quantitative estimate of drug-likeness (QED) is 0.780. The molecule has 5 nitrogen and oxygen atoms in total. The van der Waals surface area contributed by atoms with Gasteiger partial charge in [-0.05, 0) is 38.8 Å². The molecule has 0 aliphatic carbocycles. The zero-order chi connectivity index (χ0) is 18.4. The molecule has 0 spiro atoms. The van der Waals surface area contributed by atoms with Crippen LogP contribution in [-0.4, -0.2) is 79.6 Å². The van der Waals surface area contributed by atoms with E-state index in [9.17, 15) is 4.79 Å². The average molecular weight is 360 g/mol. The van der Waals surface area contributed by atoms with E-state index in [2.05, 4.69) is 41.0 Å². The number of ether oxygens (including phenoxy) is 1. The van der Waals surface area contributed by atoms with Gasteiger partial charge in [0.1, 0.15) is 0 Å². The number of piperazine rings is 1. The average Bonchev–Trinajstić information content (AvgIpc) is 2.63. The maximum Gasteiger partial charge on any atom is 0.236 e. The van der Waals surface area contributed by atoms with Crippen molar-refractivity contribution in [3.63, 3.8) is 0 Å². The number of amides is 1. The Hall–Kier alpha value is -1.43. The zero-order valence-electron chi connectivity index (χ0n) is 16.3. The third-order valence-electron chi connectivity index (χ3n) is 5.41. The number of aryl methyl sites for hydroxylation is 1. The van der Waals surface area contributed by atoms with Crippen LogP contribution in [0.1, 0.15) is 30.4 Å². The third-order valence-corrected chi connectivity index (χ3v) is 5.41. The molecule has 26 heavy (non-hydrogen) atoms. The molecule has 2 aliphatic heterocycles. The van der Waals surface area contributed by atoms with E-state index < -0.39 is 0 Å². The minimum Gasteiger partial charge on any atom is -0.377 e. The molecule has 1 amide bonds. The molecule has 0 aromatic heterocycles. The van der Waals surface area contributed by atoms with E-state index >= 15 is 0 Å². The lowest BCUT2D eigenvalue weighted by molar-refractivity contribution is -0.134. The molecule has 144 valence electrons. The summed E-state index contributed by atoms with van der Waals surface area (Å²) in [5.41, 5.74) is 2.67. The van der Waals surface area contributed by atoms with E-state index in [4.69, 9.17) is 4.74 Å². The summed E-state index contributed by atoms with van der Waals surface area (Å²) in [6.07, 6.45) is 3.84. The number of rotatable bonds is 6. The van der Waals surface area contributed by atoms with Crippen LogP contribution in [0.4, 0.5) is 0 Å². The van der Waals surface area contributed by atoms with Gasteiger partial charge in [0.2, 0.25) is 5.91 Å². The summed E-state index contributed by atoms with van der Waals surface area (Å²) in [5, 5.41) is 0. The molecule has 1 unspecified atom stereocenters. The van der Waals surface area contributed by atoms with Gasteiger partial charge in [-0.25, -0.2) is 0 Å². The van der Waals surface area contributed by atoms with Gasteiger partial charge < -0.3 is 9.64 Å². The Balaban J connectivity index is 1.38. The third kappa shape index (κ3) is 5.79. The van der Waals surface area contributed by atoms with E-state index in [1.807, 2.05) is 11.9 Å². The summed E-state index contributed by atoms with van der Waals surface area (Å²) >= 11 is 0. The number of nitrogens with zero attached hydrogens (tertiary/aromatic N) is 3. The molecule has 0 radical (unpaired) electrons. The number of carbonyl (C=O) groups excluding carboxylic acids is 1. The standard InChI is InChI=1S/C21H33N3O2/c1-18-6-5-7-19(14-18)15-23-9-11-24(12-10-23)21(25)17-22(2)16-20-8-3-4-13-26-20/h5-7,14,20H,3-4,8-13,15-17H2,1-2H3. The summed E-state index contributed by atoms with van der Waals surface area (Å²) in [4.78, 5) is 19.2. The maximum absolute atomic E-state index is 12.6. The molecule has 3 rings (SSSR count). The highest BCUT2D eigenvalue weighted by atomic mass is 16.5. The van der Waals surface area contributed by atoms with Gasteiger partial charge in [-0.15, -0.1) is 0 Å². The van der Waals surface area contributed by atoms with Crippen molar-refractivity contribution in [2.24, 2.45) is 0 Å². The van der Waals surface area contributed by atoms with Crippen LogP contribution in [0.2, 0.25) is 0 Å². The van der Waals surface area contributed by atoms with Crippen LogP contribution in [0.25, 0.3) is 0 Å². The predicted molar refractivity (Wildman–Crippen MR) is 104 cm³/mol. The molecular formula is C21H33N3O2. The van der Waals surface area contributed by atoms with Crippen molar-refractivity contribution >= 4 is 5.91 Å². The highest BCUT2D eigenvalue weighted by molar-refractivity contribution is 5.78. The molecular weight excluding hydrogens is 326 g/mol. The predicted octanol–water partition coefficient (Wildman–Crippen LogP) is 2.14. The van der Waals surface area contributed by atoms with Gasteiger partial charge in [-0.1, -0.05) is 29.8 Å². The second-order valence-electron chi connectivity index (χ2n) is 7.83. The Kier molecular flexibility index (Phi) is 7.06. The van der Waals surface area contributed by atoms with Gasteiger partial charge in [-0.2, -0.15) is 0 Å². The lowest BCUT2D eigenvalue weighted by atomic mass is 10.1. The second-order valence-corrected chi connectivity index (χ2v) is 7.83. The van der Waals surface area contributed by atoms with Crippen LogP contribution in [0.15, 0.2) is 24.3 Å². The van der Waals surface area contributed by atoms with E-state index in [-0.39, 0.29) is 5.91 Å². The number of benzene rings is 1. The minimum atomic E-state index is 0.249. The van der Waals surface area contributed by atoms with Gasteiger partial charge in [0.25, 0.3) is 0 Å². The Labute approximate surface area is 157 Å². The summed E-state index contributed by atoms with van der Waals surface area (Å²) in [5.74, 6) is 0.249. The van der Waals surface area contributed by atoms with Crippen LogP contribution < -0.4 is 0 Å². The van der Waals surface area contributed by atoms with Crippen molar-refractivity contribution in [2.75, 3.05) is 52.9 Å². The molecule has 2 aliphatic rings.